The van der Waals surface area contributed by atoms with Gasteiger partial charge in [0.15, 0.2) is 0 Å². The van der Waals surface area contributed by atoms with Crippen LogP contribution in [0.1, 0.15) is 19.3 Å². The van der Waals surface area contributed by atoms with Crippen LogP contribution in [0.4, 0.5) is 0 Å². The van der Waals surface area contributed by atoms with Gasteiger partial charge in [-0.2, -0.15) is 4.31 Å². The van der Waals surface area contributed by atoms with E-state index in [0.29, 0.717) is 27.8 Å². The number of sulfonamides is 1. The van der Waals surface area contributed by atoms with Gasteiger partial charge in [-0.15, -0.1) is 11.3 Å². The van der Waals surface area contributed by atoms with Crippen LogP contribution >= 0.6 is 27.3 Å². The molecule has 0 amide bonds. The molecule has 0 saturated carbocycles. The molecule has 4 nitrogen and oxygen atoms in total. The lowest BCUT2D eigenvalue weighted by atomic mass is 10.0. The number of piperazine rings is 1. The molecule has 0 radical (unpaired) electrons. The predicted molar refractivity (Wildman–Crippen MR) is 80.0 cm³/mol. The van der Waals surface area contributed by atoms with Crippen LogP contribution in [0.2, 0.25) is 0 Å². The number of nitrogens with zero attached hydrogens (tertiary/aromatic N) is 2. The summed E-state index contributed by atoms with van der Waals surface area (Å²) >= 11 is 4.62. The Bertz CT molecular complexity index is 558. The molecule has 0 aromatic carbocycles. The maximum Gasteiger partial charge on any atom is 0.253 e. The first kappa shape index (κ1) is 14.0. The van der Waals surface area contributed by atoms with E-state index in [0.717, 1.165) is 19.5 Å². The van der Waals surface area contributed by atoms with E-state index < -0.39 is 10.0 Å². The summed E-state index contributed by atoms with van der Waals surface area (Å²) in [7, 11) is -3.32. The maximum atomic E-state index is 12.6. The van der Waals surface area contributed by atoms with Crippen LogP contribution in [0.5, 0.6) is 0 Å². The molecule has 1 aromatic heterocycles. The molecule has 2 fully saturated rings. The van der Waals surface area contributed by atoms with Crippen LogP contribution in [0, 0.1) is 0 Å². The molecule has 3 rings (SSSR count). The molecule has 1 atom stereocenters. The first-order chi connectivity index (χ1) is 9.09. The Kier molecular flexibility index (Phi) is 4.01. The van der Waals surface area contributed by atoms with Gasteiger partial charge in [0.1, 0.15) is 4.21 Å². The van der Waals surface area contributed by atoms with E-state index in [2.05, 4.69) is 20.8 Å². The lowest BCUT2D eigenvalue weighted by molar-refractivity contribution is 0.0852. The Balaban J connectivity index is 1.81. The lowest BCUT2D eigenvalue weighted by Crippen LogP contribution is -2.55. The minimum absolute atomic E-state index is 0.413. The second kappa shape index (κ2) is 5.44. The van der Waals surface area contributed by atoms with Gasteiger partial charge in [-0.25, -0.2) is 8.42 Å². The van der Waals surface area contributed by atoms with Gasteiger partial charge in [0, 0.05) is 30.1 Å². The van der Waals surface area contributed by atoms with Crippen molar-refractivity contribution in [3.8, 4) is 0 Å². The molecule has 2 saturated heterocycles. The number of fused-ring (bicyclic) bond motifs is 1. The first-order valence-electron chi connectivity index (χ1n) is 6.56. The Morgan fingerprint density at radius 3 is 2.84 bits per heavy atom. The predicted octanol–water partition coefficient (Wildman–Crippen LogP) is 2.37. The molecular formula is C12H17BrN2O2S2. The number of halogens is 1. The molecular weight excluding hydrogens is 348 g/mol. The maximum absolute atomic E-state index is 12.6. The number of hydrogen-bond donors (Lipinski definition) is 0. The van der Waals surface area contributed by atoms with Crippen molar-refractivity contribution in [3.63, 3.8) is 0 Å². The average molecular weight is 365 g/mol. The van der Waals surface area contributed by atoms with Gasteiger partial charge in [0.25, 0.3) is 10.0 Å². The van der Waals surface area contributed by atoms with Crippen molar-refractivity contribution >= 4 is 37.3 Å². The normalized spacial score (nSPS) is 26.3. The summed E-state index contributed by atoms with van der Waals surface area (Å²) in [6, 6.07) is 2.21. The molecule has 3 heterocycles. The summed E-state index contributed by atoms with van der Waals surface area (Å²) in [6.07, 6.45) is 3.59. The van der Waals surface area contributed by atoms with Crippen LogP contribution in [0.3, 0.4) is 0 Å². The molecule has 0 spiro atoms. The summed E-state index contributed by atoms with van der Waals surface area (Å²) in [4.78, 5) is 2.44. The second-order valence-electron chi connectivity index (χ2n) is 5.10. The van der Waals surface area contributed by atoms with Gasteiger partial charge >= 0.3 is 0 Å². The minimum atomic E-state index is -3.32. The van der Waals surface area contributed by atoms with Crippen LogP contribution in [-0.4, -0.2) is 49.8 Å². The Morgan fingerprint density at radius 2 is 2.11 bits per heavy atom. The molecule has 0 aliphatic carbocycles. The number of rotatable bonds is 2. The molecule has 1 aromatic rings. The number of hydrogen-bond acceptors (Lipinski definition) is 4. The van der Waals surface area contributed by atoms with E-state index in [-0.39, 0.29) is 0 Å². The molecule has 106 valence electrons. The molecule has 1 unspecified atom stereocenters. The summed E-state index contributed by atoms with van der Waals surface area (Å²) in [6.45, 7) is 3.25. The van der Waals surface area contributed by atoms with Crippen LogP contribution in [-0.2, 0) is 10.0 Å². The summed E-state index contributed by atoms with van der Waals surface area (Å²) in [5.41, 5.74) is 0. The largest absolute Gasteiger partial charge is 0.298 e. The minimum Gasteiger partial charge on any atom is -0.298 e. The van der Waals surface area contributed by atoms with Gasteiger partial charge in [0.05, 0.1) is 0 Å². The van der Waals surface area contributed by atoms with Gasteiger partial charge in [0.2, 0.25) is 0 Å². The highest BCUT2D eigenvalue weighted by Gasteiger charge is 2.36. The van der Waals surface area contributed by atoms with Crippen LogP contribution < -0.4 is 0 Å². The first-order valence-corrected chi connectivity index (χ1v) is 9.67. The van der Waals surface area contributed by atoms with Gasteiger partial charge in [-0.3, -0.25) is 4.90 Å². The molecule has 0 N–H and O–H groups in total. The zero-order chi connectivity index (χ0) is 13.5. The van der Waals surface area contributed by atoms with E-state index in [9.17, 15) is 8.42 Å². The van der Waals surface area contributed by atoms with Crippen LogP contribution in [0.15, 0.2) is 20.1 Å². The third-order valence-corrected chi connectivity index (χ3v) is 8.47. The quantitative estimate of drug-likeness (QED) is 0.808. The third-order valence-electron chi connectivity index (χ3n) is 3.96. The van der Waals surface area contributed by atoms with E-state index in [1.54, 1.807) is 10.4 Å². The SMILES string of the molecule is O=S(=O)(c1sccc1Br)N1CCN2CCCCC2C1. The highest BCUT2D eigenvalue weighted by Crippen LogP contribution is 2.32. The molecule has 2 aliphatic heterocycles. The number of piperidine rings is 1. The van der Waals surface area contributed by atoms with E-state index in [1.807, 2.05) is 5.38 Å². The standard InChI is InChI=1S/C12H17BrN2O2S2/c13-11-4-8-18-12(11)19(16,17)15-7-6-14-5-2-1-3-10(14)9-15/h4,8,10H,1-3,5-7,9H2. The van der Waals surface area contributed by atoms with Crippen molar-refractivity contribution in [1.29, 1.82) is 0 Å². The van der Waals surface area contributed by atoms with Gasteiger partial charge in [-0.05, 0) is 46.8 Å². The Morgan fingerprint density at radius 1 is 1.26 bits per heavy atom. The van der Waals surface area contributed by atoms with Crippen LogP contribution in [0.25, 0.3) is 0 Å². The van der Waals surface area contributed by atoms with Crippen molar-refractivity contribution in [2.24, 2.45) is 0 Å². The summed E-state index contributed by atoms with van der Waals surface area (Å²) in [5.74, 6) is 0. The summed E-state index contributed by atoms with van der Waals surface area (Å²) in [5, 5.41) is 1.81. The molecule has 0 bridgehead atoms. The fraction of sp³-hybridized carbons (Fsp3) is 0.667. The fourth-order valence-corrected chi connectivity index (χ4v) is 6.85. The smallest absolute Gasteiger partial charge is 0.253 e. The van der Waals surface area contributed by atoms with Gasteiger partial charge in [-0.1, -0.05) is 6.42 Å². The molecule has 7 heteroatoms. The van der Waals surface area contributed by atoms with E-state index in [4.69, 9.17) is 0 Å². The highest BCUT2D eigenvalue weighted by molar-refractivity contribution is 9.10. The lowest BCUT2D eigenvalue weighted by Gasteiger charge is -2.43. The zero-order valence-corrected chi connectivity index (χ0v) is 13.8. The Labute approximate surface area is 126 Å². The van der Waals surface area contributed by atoms with E-state index in [1.165, 1.54) is 24.2 Å². The van der Waals surface area contributed by atoms with Crippen molar-refractivity contribution in [1.82, 2.24) is 9.21 Å². The van der Waals surface area contributed by atoms with Crippen molar-refractivity contribution < 1.29 is 8.42 Å². The monoisotopic (exact) mass is 364 g/mol. The fourth-order valence-electron chi connectivity index (χ4n) is 2.93. The van der Waals surface area contributed by atoms with Gasteiger partial charge < -0.3 is 0 Å². The van der Waals surface area contributed by atoms with Crippen molar-refractivity contribution in [2.75, 3.05) is 26.2 Å². The van der Waals surface area contributed by atoms with Crippen molar-refractivity contribution in [2.45, 2.75) is 29.5 Å². The highest BCUT2D eigenvalue weighted by atomic mass is 79.9. The molecule has 2 aliphatic rings. The number of thiophene rings is 1. The topological polar surface area (TPSA) is 40.6 Å². The zero-order valence-electron chi connectivity index (χ0n) is 10.6. The average Bonchev–Trinajstić information content (AvgIpc) is 2.85. The Hall–Kier alpha value is 0.0500. The summed E-state index contributed by atoms with van der Waals surface area (Å²) < 4.78 is 28.1. The molecule has 19 heavy (non-hydrogen) atoms. The second-order valence-corrected chi connectivity index (χ2v) is 9.01. The third kappa shape index (κ3) is 2.63. The van der Waals surface area contributed by atoms with Crippen molar-refractivity contribution in [3.05, 3.63) is 15.9 Å². The van der Waals surface area contributed by atoms with E-state index >= 15 is 0 Å².